The van der Waals surface area contributed by atoms with Gasteiger partial charge in [0.05, 0.1) is 5.75 Å². The fourth-order valence-corrected chi connectivity index (χ4v) is 4.28. The van der Waals surface area contributed by atoms with Crippen molar-refractivity contribution in [1.29, 1.82) is 0 Å². The Bertz CT molecular complexity index is 537. The minimum absolute atomic E-state index is 0.0729. The minimum atomic E-state index is -3.24. The van der Waals surface area contributed by atoms with Gasteiger partial charge in [-0.2, -0.15) is 0 Å². The third-order valence-electron chi connectivity index (χ3n) is 3.88. The molecule has 1 aromatic rings. The first-order chi connectivity index (χ1) is 10.1. The van der Waals surface area contributed by atoms with Crippen LogP contribution in [0.3, 0.4) is 0 Å². The van der Waals surface area contributed by atoms with E-state index >= 15 is 0 Å². The molecule has 21 heavy (non-hydrogen) atoms. The Morgan fingerprint density at radius 1 is 1.14 bits per heavy atom. The molecule has 1 saturated carbocycles. The molecule has 0 aliphatic heterocycles. The van der Waals surface area contributed by atoms with E-state index in [0.717, 1.165) is 49.9 Å². The van der Waals surface area contributed by atoms with Crippen molar-refractivity contribution in [2.75, 3.05) is 6.54 Å². The van der Waals surface area contributed by atoms with Crippen LogP contribution in [-0.2, 0) is 22.3 Å². The van der Waals surface area contributed by atoms with Crippen LogP contribution in [0.25, 0.3) is 0 Å². The molecule has 0 saturated heterocycles. The second kappa shape index (κ2) is 7.92. The molecular formula is C16H26N2O2S. The van der Waals surface area contributed by atoms with Gasteiger partial charge in [0.15, 0.2) is 0 Å². The van der Waals surface area contributed by atoms with Crippen LogP contribution < -0.4 is 10.0 Å². The lowest BCUT2D eigenvalue weighted by Crippen LogP contribution is -2.36. The molecule has 1 aliphatic rings. The van der Waals surface area contributed by atoms with Crippen molar-refractivity contribution in [3.05, 3.63) is 35.4 Å². The van der Waals surface area contributed by atoms with Crippen LogP contribution in [0.5, 0.6) is 0 Å². The number of nitrogens with one attached hydrogen (secondary N) is 2. The summed E-state index contributed by atoms with van der Waals surface area (Å²) in [4.78, 5) is 0. The highest BCUT2D eigenvalue weighted by atomic mass is 32.2. The molecule has 118 valence electrons. The zero-order valence-corrected chi connectivity index (χ0v) is 13.6. The van der Waals surface area contributed by atoms with Gasteiger partial charge in [-0.3, -0.25) is 0 Å². The molecule has 0 heterocycles. The highest BCUT2D eigenvalue weighted by Gasteiger charge is 2.20. The molecule has 0 radical (unpaired) electrons. The van der Waals surface area contributed by atoms with Crippen molar-refractivity contribution in [3.8, 4) is 0 Å². The Kier molecular flexibility index (Phi) is 6.21. The zero-order valence-electron chi connectivity index (χ0n) is 12.8. The van der Waals surface area contributed by atoms with Crippen molar-refractivity contribution in [3.63, 3.8) is 0 Å². The second-order valence-electron chi connectivity index (χ2n) is 5.81. The van der Waals surface area contributed by atoms with E-state index in [1.165, 1.54) is 6.42 Å². The van der Waals surface area contributed by atoms with E-state index in [1.807, 2.05) is 24.3 Å². The van der Waals surface area contributed by atoms with E-state index in [-0.39, 0.29) is 11.8 Å². The van der Waals surface area contributed by atoms with Crippen LogP contribution >= 0.6 is 0 Å². The predicted octanol–water partition coefficient (Wildman–Crippen LogP) is 2.55. The monoisotopic (exact) mass is 310 g/mol. The summed E-state index contributed by atoms with van der Waals surface area (Å²) in [6.45, 7) is 3.74. The van der Waals surface area contributed by atoms with Gasteiger partial charge in [0.2, 0.25) is 10.0 Å². The summed E-state index contributed by atoms with van der Waals surface area (Å²) in [5.74, 6) is 0.0729. The Morgan fingerprint density at radius 3 is 2.57 bits per heavy atom. The van der Waals surface area contributed by atoms with Gasteiger partial charge >= 0.3 is 0 Å². The first kappa shape index (κ1) is 16.5. The Balaban J connectivity index is 1.95. The molecule has 0 amide bonds. The molecule has 2 rings (SSSR count). The van der Waals surface area contributed by atoms with Gasteiger partial charge in [0.25, 0.3) is 0 Å². The third-order valence-corrected chi connectivity index (χ3v) is 5.28. The molecule has 0 atom stereocenters. The van der Waals surface area contributed by atoms with Gasteiger partial charge in [-0.05, 0) is 30.5 Å². The SMILES string of the molecule is CCNCc1cccc(CS(=O)(=O)NC2CCCCC2)c1. The maximum atomic E-state index is 12.3. The van der Waals surface area contributed by atoms with Crippen LogP contribution in [-0.4, -0.2) is 21.0 Å². The van der Waals surface area contributed by atoms with E-state index in [0.29, 0.717) is 0 Å². The standard InChI is InChI=1S/C16H26N2O2S/c1-2-17-12-14-7-6-8-15(11-14)13-21(19,20)18-16-9-4-3-5-10-16/h6-8,11,16-18H,2-5,9-10,12-13H2,1H3. The normalized spacial score (nSPS) is 17.0. The topological polar surface area (TPSA) is 58.2 Å². The van der Waals surface area contributed by atoms with Gasteiger partial charge in [-0.15, -0.1) is 0 Å². The van der Waals surface area contributed by atoms with E-state index in [2.05, 4.69) is 17.0 Å². The van der Waals surface area contributed by atoms with Gasteiger partial charge in [-0.25, -0.2) is 13.1 Å². The average molecular weight is 310 g/mol. The molecule has 0 bridgehead atoms. The molecule has 4 nitrogen and oxygen atoms in total. The van der Waals surface area contributed by atoms with Crippen molar-refractivity contribution in [1.82, 2.24) is 10.0 Å². The van der Waals surface area contributed by atoms with Crippen LogP contribution in [0.1, 0.15) is 50.2 Å². The summed E-state index contributed by atoms with van der Waals surface area (Å²) in [5, 5.41) is 3.26. The Morgan fingerprint density at radius 2 is 1.86 bits per heavy atom. The van der Waals surface area contributed by atoms with Crippen LogP contribution in [0, 0.1) is 0 Å². The first-order valence-electron chi connectivity index (χ1n) is 7.87. The highest BCUT2D eigenvalue weighted by Crippen LogP contribution is 2.19. The largest absolute Gasteiger partial charge is 0.313 e. The molecule has 1 aromatic carbocycles. The molecule has 2 N–H and O–H groups in total. The molecule has 0 aromatic heterocycles. The fraction of sp³-hybridized carbons (Fsp3) is 0.625. The molecule has 5 heteroatoms. The lowest BCUT2D eigenvalue weighted by atomic mass is 9.96. The summed E-state index contributed by atoms with van der Waals surface area (Å²) in [6.07, 6.45) is 5.43. The molecule has 0 unspecified atom stereocenters. The summed E-state index contributed by atoms with van der Waals surface area (Å²) in [5.41, 5.74) is 1.98. The molecular weight excluding hydrogens is 284 g/mol. The van der Waals surface area contributed by atoms with Crippen LogP contribution in [0.2, 0.25) is 0 Å². The Hall–Kier alpha value is -0.910. The van der Waals surface area contributed by atoms with Crippen LogP contribution in [0.15, 0.2) is 24.3 Å². The lowest BCUT2D eigenvalue weighted by Gasteiger charge is -2.22. The van der Waals surface area contributed by atoms with Crippen molar-refractivity contribution in [2.24, 2.45) is 0 Å². The Labute approximate surface area is 128 Å². The lowest BCUT2D eigenvalue weighted by molar-refractivity contribution is 0.412. The maximum absolute atomic E-state index is 12.3. The van der Waals surface area contributed by atoms with Crippen molar-refractivity contribution < 1.29 is 8.42 Å². The van der Waals surface area contributed by atoms with Gasteiger partial charge in [0.1, 0.15) is 0 Å². The van der Waals surface area contributed by atoms with Gasteiger partial charge in [0, 0.05) is 12.6 Å². The second-order valence-corrected chi connectivity index (χ2v) is 7.57. The summed E-state index contributed by atoms with van der Waals surface area (Å²) < 4.78 is 27.4. The zero-order chi connectivity index (χ0) is 15.1. The fourth-order valence-electron chi connectivity index (χ4n) is 2.83. The molecule has 1 aliphatic carbocycles. The number of hydrogen-bond donors (Lipinski definition) is 2. The summed E-state index contributed by atoms with van der Waals surface area (Å²) >= 11 is 0. The van der Waals surface area contributed by atoms with E-state index < -0.39 is 10.0 Å². The van der Waals surface area contributed by atoms with E-state index in [1.54, 1.807) is 0 Å². The first-order valence-corrected chi connectivity index (χ1v) is 9.53. The van der Waals surface area contributed by atoms with Crippen LogP contribution in [0.4, 0.5) is 0 Å². The highest BCUT2D eigenvalue weighted by molar-refractivity contribution is 7.88. The van der Waals surface area contributed by atoms with E-state index in [9.17, 15) is 8.42 Å². The maximum Gasteiger partial charge on any atom is 0.216 e. The number of sulfonamides is 1. The quantitative estimate of drug-likeness (QED) is 0.814. The number of hydrogen-bond acceptors (Lipinski definition) is 3. The smallest absolute Gasteiger partial charge is 0.216 e. The summed E-state index contributed by atoms with van der Waals surface area (Å²) in [7, 11) is -3.24. The number of rotatable bonds is 7. The molecule has 0 spiro atoms. The predicted molar refractivity (Wildman–Crippen MR) is 86.5 cm³/mol. The van der Waals surface area contributed by atoms with Crippen molar-refractivity contribution >= 4 is 10.0 Å². The third kappa shape index (κ3) is 5.77. The molecule has 1 fully saturated rings. The van der Waals surface area contributed by atoms with Crippen molar-refractivity contribution in [2.45, 2.75) is 57.4 Å². The van der Waals surface area contributed by atoms with Gasteiger partial charge < -0.3 is 5.32 Å². The van der Waals surface area contributed by atoms with E-state index in [4.69, 9.17) is 0 Å². The van der Waals surface area contributed by atoms with Gasteiger partial charge in [-0.1, -0.05) is 50.5 Å². The summed E-state index contributed by atoms with van der Waals surface area (Å²) in [6, 6.07) is 7.94. The number of benzene rings is 1. The average Bonchev–Trinajstić information content (AvgIpc) is 2.45. The minimum Gasteiger partial charge on any atom is -0.313 e.